The predicted octanol–water partition coefficient (Wildman–Crippen LogP) is 3.38. The summed E-state index contributed by atoms with van der Waals surface area (Å²) in [6.07, 6.45) is 1.23. The molecule has 2 fully saturated rings. The van der Waals surface area contributed by atoms with Crippen LogP contribution in [0, 0.1) is 0 Å². The fraction of sp³-hybridized carbons (Fsp3) is 0.435. The quantitative estimate of drug-likeness (QED) is 0.833. The van der Waals surface area contributed by atoms with Crippen molar-refractivity contribution in [3.05, 3.63) is 70.7 Å². The number of piperidine rings is 1. The van der Waals surface area contributed by atoms with Gasteiger partial charge in [-0.05, 0) is 30.5 Å². The number of benzene rings is 2. The fourth-order valence-electron chi connectivity index (χ4n) is 4.30. The third-order valence-electron chi connectivity index (χ3n) is 5.85. The molecule has 154 valence electrons. The molecule has 2 aromatic rings. The number of hydrogen-bond donors (Lipinski definition) is 1. The van der Waals surface area contributed by atoms with Crippen molar-refractivity contribution >= 4 is 17.5 Å². The Bertz CT molecular complexity index is 824. The number of nitrogens with zero attached hydrogens (tertiary/aromatic N) is 2. The first-order chi connectivity index (χ1) is 14.1. The lowest BCUT2D eigenvalue weighted by Gasteiger charge is -2.44. The number of morpholine rings is 1. The molecule has 1 amide bonds. The van der Waals surface area contributed by atoms with E-state index in [1.807, 2.05) is 35.2 Å². The van der Waals surface area contributed by atoms with E-state index < -0.39 is 0 Å². The highest BCUT2D eigenvalue weighted by Crippen LogP contribution is 2.33. The molecule has 1 N–H and O–H groups in total. The molecule has 2 saturated heterocycles. The van der Waals surface area contributed by atoms with Gasteiger partial charge in [0.2, 0.25) is 0 Å². The van der Waals surface area contributed by atoms with Crippen molar-refractivity contribution in [2.24, 2.45) is 0 Å². The van der Waals surface area contributed by atoms with Gasteiger partial charge in [0.05, 0.1) is 35.4 Å². The molecule has 2 atom stereocenters. The zero-order valence-corrected chi connectivity index (χ0v) is 17.2. The smallest absolute Gasteiger partial charge is 0.256 e. The Morgan fingerprint density at radius 3 is 2.45 bits per heavy atom. The summed E-state index contributed by atoms with van der Waals surface area (Å²) in [5, 5.41) is 10.3. The zero-order valence-electron chi connectivity index (χ0n) is 16.4. The minimum absolute atomic E-state index is 0.0631. The van der Waals surface area contributed by atoms with Gasteiger partial charge in [-0.25, -0.2) is 0 Å². The van der Waals surface area contributed by atoms with Gasteiger partial charge in [0, 0.05) is 26.2 Å². The highest BCUT2D eigenvalue weighted by molar-refractivity contribution is 6.33. The van der Waals surface area contributed by atoms with E-state index in [0.717, 1.165) is 38.0 Å². The van der Waals surface area contributed by atoms with Crippen molar-refractivity contribution in [2.45, 2.75) is 31.1 Å². The summed E-state index contributed by atoms with van der Waals surface area (Å²) in [5.74, 6) is -0.0631. The molecule has 5 nitrogen and oxygen atoms in total. The number of amides is 1. The number of halogens is 1. The Labute approximate surface area is 176 Å². The SMILES string of the molecule is O=C(c1ccccc1Cl)N1CCO[C@@H](CN2CCC(O)CC2)[C@@H]1c1ccccc1. The summed E-state index contributed by atoms with van der Waals surface area (Å²) in [4.78, 5) is 17.7. The van der Waals surface area contributed by atoms with Gasteiger partial charge in [0.15, 0.2) is 0 Å². The Hall–Kier alpha value is -1.92. The fourth-order valence-corrected chi connectivity index (χ4v) is 4.52. The van der Waals surface area contributed by atoms with Crippen molar-refractivity contribution in [3.63, 3.8) is 0 Å². The molecule has 29 heavy (non-hydrogen) atoms. The van der Waals surface area contributed by atoms with E-state index >= 15 is 0 Å². The van der Waals surface area contributed by atoms with E-state index in [0.29, 0.717) is 23.7 Å². The first-order valence-electron chi connectivity index (χ1n) is 10.3. The number of aliphatic hydroxyl groups is 1. The van der Waals surface area contributed by atoms with E-state index in [4.69, 9.17) is 16.3 Å². The maximum absolute atomic E-state index is 13.4. The van der Waals surface area contributed by atoms with Crippen molar-refractivity contribution in [2.75, 3.05) is 32.8 Å². The monoisotopic (exact) mass is 414 g/mol. The van der Waals surface area contributed by atoms with Crippen LogP contribution in [0.1, 0.15) is 34.8 Å². The topological polar surface area (TPSA) is 53.0 Å². The summed E-state index contributed by atoms with van der Waals surface area (Å²) in [6.45, 7) is 3.46. The molecule has 0 saturated carbocycles. The van der Waals surface area contributed by atoms with Crippen LogP contribution in [0.15, 0.2) is 54.6 Å². The van der Waals surface area contributed by atoms with Crippen LogP contribution >= 0.6 is 11.6 Å². The molecule has 0 bridgehead atoms. The lowest BCUT2D eigenvalue weighted by atomic mass is 9.95. The molecular weight excluding hydrogens is 388 g/mol. The van der Waals surface area contributed by atoms with E-state index in [9.17, 15) is 9.90 Å². The molecule has 2 aliphatic heterocycles. The van der Waals surface area contributed by atoms with Gasteiger partial charge in [0.25, 0.3) is 5.91 Å². The van der Waals surface area contributed by atoms with Crippen LogP contribution in [0.3, 0.4) is 0 Å². The standard InChI is InChI=1S/C23H27ClN2O3/c24-20-9-5-4-8-19(20)23(28)26-14-15-29-21(16-25-12-10-18(27)11-13-25)22(26)17-6-2-1-3-7-17/h1-9,18,21-22,27H,10-16H2/t21-,22-/m0/s1. The average Bonchev–Trinajstić information content (AvgIpc) is 2.76. The lowest BCUT2D eigenvalue weighted by molar-refractivity contribution is -0.0770. The summed E-state index contributed by atoms with van der Waals surface area (Å²) < 4.78 is 6.19. The van der Waals surface area contributed by atoms with Gasteiger partial charge in [-0.1, -0.05) is 54.1 Å². The summed E-state index contributed by atoms with van der Waals surface area (Å²) in [6, 6.07) is 17.1. The third-order valence-corrected chi connectivity index (χ3v) is 6.18. The Morgan fingerprint density at radius 1 is 1.03 bits per heavy atom. The molecule has 0 spiro atoms. The minimum Gasteiger partial charge on any atom is -0.393 e. The van der Waals surface area contributed by atoms with Crippen LogP contribution in [0.2, 0.25) is 5.02 Å². The Balaban J connectivity index is 1.61. The predicted molar refractivity (Wildman–Crippen MR) is 113 cm³/mol. The van der Waals surface area contributed by atoms with Crippen LogP contribution in [-0.4, -0.2) is 65.8 Å². The van der Waals surface area contributed by atoms with Crippen molar-refractivity contribution in [3.8, 4) is 0 Å². The molecule has 0 unspecified atom stereocenters. The molecule has 2 heterocycles. The number of ether oxygens (including phenoxy) is 1. The van der Waals surface area contributed by atoms with E-state index in [-0.39, 0.29) is 24.2 Å². The van der Waals surface area contributed by atoms with Crippen LogP contribution in [0.4, 0.5) is 0 Å². The number of likely N-dealkylation sites (tertiary alicyclic amines) is 1. The van der Waals surface area contributed by atoms with Gasteiger partial charge < -0.3 is 19.6 Å². The number of carbonyl (C=O) groups is 1. The molecule has 4 rings (SSSR count). The number of aliphatic hydroxyl groups excluding tert-OH is 1. The van der Waals surface area contributed by atoms with E-state index in [1.54, 1.807) is 12.1 Å². The van der Waals surface area contributed by atoms with Gasteiger partial charge in [-0.2, -0.15) is 0 Å². The molecule has 0 radical (unpaired) electrons. The van der Waals surface area contributed by atoms with E-state index in [1.165, 1.54) is 0 Å². The second kappa shape index (κ2) is 9.26. The van der Waals surface area contributed by atoms with Crippen LogP contribution < -0.4 is 0 Å². The molecule has 0 aromatic heterocycles. The highest BCUT2D eigenvalue weighted by Gasteiger charge is 2.38. The number of carbonyl (C=O) groups excluding carboxylic acids is 1. The molecule has 0 aliphatic carbocycles. The molecule has 2 aromatic carbocycles. The highest BCUT2D eigenvalue weighted by atomic mass is 35.5. The molecule has 6 heteroatoms. The summed E-state index contributed by atoms with van der Waals surface area (Å²) in [7, 11) is 0. The van der Waals surface area contributed by atoms with Crippen LogP contribution in [0.5, 0.6) is 0 Å². The van der Waals surface area contributed by atoms with Gasteiger partial charge in [-0.15, -0.1) is 0 Å². The average molecular weight is 415 g/mol. The first kappa shape index (κ1) is 20.4. The van der Waals surface area contributed by atoms with Gasteiger partial charge in [-0.3, -0.25) is 4.79 Å². The van der Waals surface area contributed by atoms with Crippen LogP contribution in [0.25, 0.3) is 0 Å². The zero-order chi connectivity index (χ0) is 20.2. The van der Waals surface area contributed by atoms with Crippen LogP contribution in [-0.2, 0) is 4.74 Å². The number of rotatable bonds is 4. The van der Waals surface area contributed by atoms with Gasteiger partial charge >= 0.3 is 0 Å². The lowest BCUT2D eigenvalue weighted by Crippen LogP contribution is -2.52. The van der Waals surface area contributed by atoms with Gasteiger partial charge in [0.1, 0.15) is 0 Å². The van der Waals surface area contributed by atoms with E-state index in [2.05, 4.69) is 17.0 Å². The normalized spacial score (nSPS) is 23.9. The minimum atomic E-state index is -0.207. The second-order valence-electron chi connectivity index (χ2n) is 7.77. The molecular formula is C23H27ClN2O3. The number of hydrogen-bond acceptors (Lipinski definition) is 4. The summed E-state index contributed by atoms with van der Waals surface area (Å²) in [5.41, 5.74) is 1.59. The third kappa shape index (κ3) is 4.64. The largest absolute Gasteiger partial charge is 0.393 e. The maximum atomic E-state index is 13.4. The Morgan fingerprint density at radius 2 is 1.72 bits per heavy atom. The molecule has 2 aliphatic rings. The second-order valence-corrected chi connectivity index (χ2v) is 8.18. The Kier molecular flexibility index (Phi) is 6.50. The first-order valence-corrected chi connectivity index (χ1v) is 10.6. The van der Waals surface area contributed by atoms with Crippen molar-refractivity contribution in [1.29, 1.82) is 0 Å². The van der Waals surface area contributed by atoms with Crippen molar-refractivity contribution < 1.29 is 14.6 Å². The summed E-state index contributed by atoms with van der Waals surface area (Å²) >= 11 is 6.33. The van der Waals surface area contributed by atoms with Crippen molar-refractivity contribution in [1.82, 2.24) is 9.80 Å². The maximum Gasteiger partial charge on any atom is 0.256 e.